The van der Waals surface area contributed by atoms with Crippen LogP contribution in [0.25, 0.3) is 0 Å². The van der Waals surface area contributed by atoms with Crippen LogP contribution in [0.2, 0.25) is 0 Å². The van der Waals surface area contributed by atoms with Gasteiger partial charge in [-0.05, 0) is 30.7 Å². The first-order chi connectivity index (χ1) is 12.8. The molecule has 2 aromatic rings. The highest BCUT2D eigenvalue weighted by Gasteiger charge is 2.47. The van der Waals surface area contributed by atoms with Crippen LogP contribution in [0.1, 0.15) is 11.1 Å². The van der Waals surface area contributed by atoms with Crippen LogP contribution in [-0.2, 0) is 15.6 Å². The summed E-state index contributed by atoms with van der Waals surface area (Å²) < 4.78 is 39.5. The second-order valence-electron chi connectivity index (χ2n) is 6.87. The van der Waals surface area contributed by atoms with Gasteiger partial charge in [-0.2, -0.15) is 0 Å². The molecule has 27 heavy (non-hydrogen) atoms. The van der Waals surface area contributed by atoms with Gasteiger partial charge in [-0.25, -0.2) is 12.8 Å². The lowest BCUT2D eigenvalue weighted by Crippen LogP contribution is -2.39. The van der Waals surface area contributed by atoms with Gasteiger partial charge in [0.15, 0.2) is 15.0 Å². The molecule has 2 aliphatic heterocycles. The number of hydrogen-bond acceptors (Lipinski definition) is 5. The Bertz CT molecular complexity index is 1030. The Morgan fingerprint density at radius 1 is 1.26 bits per heavy atom. The van der Waals surface area contributed by atoms with E-state index in [4.69, 9.17) is 0 Å². The molecule has 0 saturated carbocycles. The molecule has 0 spiro atoms. The summed E-state index contributed by atoms with van der Waals surface area (Å²) in [5.41, 5.74) is 2.71. The summed E-state index contributed by atoms with van der Waals surface area (Å²) in [5.74, 6) is 0.339. The molecular formula is C19H18BrFN2O2S2. The monoisotopic (exact) mass is 468 g/mol. The standard InChI is InChI=1S/C19H18BrFN2O2S2/c1-12-3-2-4-13(7-12)9-26-19-22-16-10-27(24,25)11-18(16)23(19)17-6-5-14(20)8-15(17)21/h2-8,16,18H,9-11H2,1H3/t16-,18+/m1/s1. The SMILES string of the molecule is Cc1cccc(CSC2=N[C@@H]3CS(=O)(=O)C[C@@H]3N2c2ccc(Br)cc2F)c1. The zero-order valence-electron chi connectivity index (χ0n) is 14.6. The second-order valence-corrected chi connectivity index (χ2v) is 10.9. The maximum Gasteiger partial charge on any atom is 0.164 e. The zero-order valence-corrected chi connectivity index (χ0v) is 17.8. The number of halogens is 2. The molecule has 0 aliphatic carbocycles. The van der Waals surface area contributed by atoms with E-state index in [1.807, 2.05) is 25.1 Å². The summed E-state index contributed by atoms with van der Waals surface area (Å²) >= 11 is 4.79. The van der Waals surface area contributed by atoms with Crippen molar-refractivity contribution >= 4 is 48.4 Å². The first-order valence-electron chi connectivity index (χ1n) is 8.53. The van der Waals surface area contributed by atoms with Gasteiger partial charge in [0.1, 0.15) is 5.82 Å². The van der Waals surface area contributed by atoms with E-state index < -0.39 is 15.7 Å². The minimum Gasteiger partial charge on any atom is -0.312 e. The number of hydrogen-bond donors (Lipinski definition) is 0. The van der Waals surface area contributed by atoms with Gasteiger partial charge in [-0.1, -0.05) is 57.5 Å². The van der Waals surface area contributed by atoms with Crippen LogP contribution in [0, 0.1) is 12.7 Å². The van der Waals surface area contributed by atoms with E-state index in [1.165, 1.54) is 23.4 Å². The molecule has 1 fully saturated rings. The third kappa shape index (κ3) is 3.93. The van der Waals surface area contributed by atoms with Gasteiger partial charge in [0.25, 0.3) is 0 Å². The molecule has 0 radical (unpaired) electrons. The predicted octanol–water partition coefficient (Wildman–Crippen LogP) is 4.17. The van der Waals surface area contributed by atoms with Crippen molar-refractivity contribution in [3.8, 4) is 0 Å². The summed E-state index contributed by atoms with van der Waals surface area (Å²) in [7, 11) is -3.15. The first-order valence-corrected chi connectivity index (χ1v) is 12.1. The van der Waals surface area contributed by atoms with Gasteiger partial charge in [-0.15, -0.1) is 0 Å². The Hall–Kier alpha value is -1.38. The highest BCUT2D eigenvalue weighted by Crippen LogP contribution is 2.37. The number of aliphatic imine (C=N–C) groups is 1. The molecule has 1 saturated heterocycles. The minimum absolute atomic E-state index is 0.00513. The van der Waals surface area contributed by atoms with E-state index >= 15 is 0 Å². The van der Waals surface area contributed by atoms with Gasteiger partial charge >= 0.3 is 0 Å². The van der Waals surface area contributed by atoms with E-state index in [-0.39, 0.29) is 23.6 Å². The van der Waals surface area contributed by atoms with Crippen molar-refractivity contribution in [2.45, 2.75) is 24.8 Å². The Kier molecular flexibility index (Phi) is 5.07. The van der Waals surface area contributed by atoms with Gasteiger partial charge in [-0.3, -0.25) is 4.99 Å². The molecule has 0 N–H and O–H groups in total. The summed E-state index contributed by atoms with van der Waals surface area (Å²) in [4.78, 5) is 6.43. The molecule has 0 aromatic heterocycles. The Labute approximate surface area is 170 Å². The van der Waals surface area contributed by atoms with Crippen molar-refractivity contribution in [2.24, 2.45) is 4.99 Å². The molecule has 4 nitrogen and oxygen atoms in total. The van der Waals surface area contributed by atoms with Crippen LogP contribution in [-0.4, -0.2) is 37.2 Å². The number of thioether (sulfide) groups is 1. The molecule has 0 amide bonds. The average Bonchev–Trinajstić information content (AvgIpc) is 3.05. The lowest BCUT2D eigenvalue weighted by atomic mass is 10.1. The van der Waals surface area contributed by atoms with Crippen molar-refractivity contribution in [3.63, 3.8) is 0 Å². The third-order valence-electron chi connectivity index (χ3n) is 4.73. The molecule has 0 unspecified atom stereocenters. The maximum absolute atomic E-state index is 14.7. The molecular weight excluding hydrogens is 451 g/mol. The number of aryl methyl sites for hydroxylation is 1. The number of fused-ring (bicyclic) bond motifs is 1. The van der Waals surface area contributed by atoms with Gasteiger partial charge < -0.3 is 4.90 Å². The Balaban J connectivity index is 1.65. The number of anilines is 1. The van der Waals surface area contributed by atoms with Crippen molar-refractivity contribution in [3.05, 3.63) is 63.9 Å². The van der Waals surface area contributed by atoms with E-state index in [0.29, 0.717) is 21.1 Å². The van der Waals surface area contributed by atoms with Crippen LogP contribution in [0.5, 0.6) is 0 Å². The zero-order chi connectivity index (χ0) is 19.2. The normalized spacial score (nSPS) is 23.4. The highest BCUT2D eigenvalue weighted by atomic mass is 79.9. The van der Waals surface area contributed by atoms with Crippen molar-refractivity contribution < 1.29 is 12.8 Å². The van der Waals surface area contributed by atoms with Crippen molar-refractivity contribution in [1.82, 2.24) is 0 Å². The lowest BCUT2D eigenvalue weighted by molar-refractivity contribution is 0.600. The smallest absolute Gasteiger partial charge is 0.164 e. The van der Waals surface area contributed by atoms with E-state index in [9.17, 15) is 12.8 Å². The van der Waals surface area contributed by atoms with Crippen LogP contribution < -0.4 is 4.90 Å². The Morgan fingerprint density at radius 3 is 2.81 bits per heavy atom. The van der Waals surface area contributed by atoms with Crippen LogP contribution in [0.4, 0.5) is 10.1 Å². The van der Waals surface area contributed by atoms with Gasteiger partial charge in [0.2, 0.25) is 0 Å². The predicted molar refractivity (Wildman–Crippen MR) is 113 cm³/mol. The topological polar surface area (TPSA) is 49.7 Å². The van der Waals surface area contributed by atoms with Crippen molar-refractivity contribution in [2.75, 3.05) is 16.4 Å². The summed E-state index contributed by atoms with van der Waals surface area (Å²) in [6.45, 7) is 2.04. The number of nitrogens with zero attached hydrogens (tertiary/aromatic N) is 2. The third-order valence-corrected chi connectivity index (χ3v) is 7.96. The lowest BCUT2D eigenvalue weighted by Gasteiger charge is -2.27. The van der Waals surface area contributed by atoms with E-state index in [0.717, 1.165) is 5.56 Å². The summed E-state index contributed by atoms with van der Waals surface area (Å²) in [6, 6.07) is 12.4. The summed E-state index contributed by atoms with van der Waals surface area (Å²) in [5, 5.41) is 0.683. The minimum atomic E-state index is -3.15. The molecule has 2 aliphatic rings. The largest absolute Gasteiger partial charge is 0.312 e. The number of sulfone groups is 1. The fourth-order valence-corrected chi connectivity index (χ4v) is 6.78. The number of amidine groups is 1. The fraction of sp³-hybridized carbons (Fsp3) is 0.316. The van der Waals surface area contributed by atoms with Gasteiger partial charge in [0, 0.05) is 10.2 Å². The molecule has 0 bridgehead atoms. The van der Waals surface area contributed by atoms with Crippen LogP contribution >= 0.6 is 27.7 Å². The van der Waals surface area contributed by atoms with E-state index in [2.05, 4.69) is 27.0 Å². The summed E-state index contributed by atoms with van der Waals surface area (Å²) in [6.07, 6.45) is 0. The molecule has 8 heteroatoms. The average molecular weight is 469 g/mol. The fourth-order valence-electron chi connectivity index (χ4n) is 3.54. The van der Waals surface area contributed by atoms with Crippen molar-refractivity contribution in [1.29, 1.82) is 0 Å². The van der Waals surface area contributed by atoms with Crippen LogP contribution in [0.3, 0.4) is 0 Å². The number of benzene rings is 2. The quantitative estimate of drug-likeness (QED) is 0.677. The molecule has 2 aromatic carbocycles. The first kappa shape index (κ1) is 19.0. The second kappa shape index (κ2) is 7.22. The number of rotatable bonds is 3. The molecule has 4 rings (SSSR count). The van der Waals surface area contributed by atoms with Crippen LogP contribution in [0.15, 0.2) is 51.9 Å². The molecule has 2 atom stereocenters. The highest BCUT2D eigenvalue weighted by molar-refractivity contribution is 9.10. The van der Waals surface area contributed by atoms with E-state index in [1.54, 1.807) is 17.0 Å². The maximum atomic E-state index is 14.7. The van der Waals surface area contributed by atoms with Gasteiger partial charge in [0.05, 0.1) is 29.3 Å². The molecule has 2 heterocycles. The molecule has 142 valence electrons. The Morgan fingerprint density at radius 2 is 2.07 bits per heavy atom.